The summed E-state index contributed by atoms with van der Waals surface area (Å²) in [4.78, 5) is -0.428. The lowest BCUT2D eigenvalue weighted by atomic mass is 9.84. The van der Waals surface area contributed by atoms with Crippen molar-refractivity contribution in [3.8, 4) is 0 Å². The fourth-order valence-electron chi connectivity index (χ4n) is 2.72. The van der Waals surface area contributed by atoms with E-state index in [0.717, 1.165) is 0 Å². The molecule has 0 saturated heterocycles. The first-order chi connectivity index (χ1) is 11.0. The van der Waals surface area contributed by atoms with Crippen molar-refractivity contribution in [3.63, 3.8) is 0 Å². The van der Waals surface area contributed by atoms with Gasteiger partial charge in [-0.15, -0.1) is 0 Å². The Morgan fingerprint density at radius 1 is 0.667 bits per heavy atom. The molecule has 2 aromatic carbocycles. The molecule has 2 atom stereocenters. The minimum Gasteiger partial charge on any atom is -0.282 e. The Labute approximate surface area is 141 Å². The Bertz CT molecular complexity index is 869. The van der Waals surface area contributed by atoms with Crippen molar-refractivity contribution in [2.45, 2.75) is 35.5 Å². The summed E-state index contributed by atoms with van der Waals surface area (Å²) in [5.74, 6) is -0.850. The lowest BCUT2D eigenvalue weighted by Crippen LogP contribution is -2.13. The van der Waals surface area contributed by atoms with Crippen LogP contribution in [0.25, 0.3) is 0 Å². The van der Waals surface area contributed by atoms with Gasteiger partial charge < -0.3 is 0 Å². The van der Waals surface area contributed by atoms with E-state index in [4.69, 9.17) is 0 Å². The van der Waals surface area contributed by atoms with E-state index in [2.05, 4.69) is 0 Å². The molecule has 0 aliphatic carbocycles. The molecule has 0 aliphatic heterocycles. The minimum absolute atomic E-state index is 0.214. The quantitative estimate of drug-likeness (QED) is 0.783. The van der Waals surface area contributed by atoms with Crippen molar-refractivity contribution in [2.24, 2.45) is 0 Å². The highest BCUT2D eigenvalue weighted by Crippen LogP contribution is 2.37. The third-order valence-corrected chi connectivity index (χ3v) is 5.98. The average Bonchev–Trinajstić information content (AvgIpc) is 2.52. The van der Waals surface area contributed by atoms with Crippen LogP contribution in [0.2, 0.25) is 0 Å². The summed E-state index contributed by atoms with van der Waals surface area (Å²) in [6.07, 6.45) is 0. The van der Waals surface area contributed by atoms with Gasteiger partial charge in [0.1, 0.15) is 0 Å². The van der Waals surface area contributed by atoms with E-state index in [1.54, 1.807) is 38.1 Å². The van der Waals surface area contributed by atoms with Crippen LogP contribution in [0.5, 0.6) is 0 Å². The van der Waals surface area contributed by atoms with Crippen LogP contribution < -0.4 is 0 Å². The van der Waals surface area contributed by atoms with Crippen molar-refractivity contribution in [1.82, 2.24) is 0 Å². The summed E-state index contributed by atoms with van der Waals surface area (Å²) in [6, 6.07) is 12.0. The van der Waals surface area contributed by atoms with Crippen LogP contribution in [-0.2, 0) is 20.2 Å². The number of benzene rings is 2. The molecule has 8 heteroatoms. The third kappa shape index (κ3) is 3.84. The molecule has 0 radical (unpaired) electrons. The van der Waals surface area contributed by atoms with E-state index in [9.17, 15) is 25.9 Å². The molecule has 0 aliphatic rings. The molecule has 0 aromatic heterocycles. The Balaban J connectivity index is 2.56. The molecule has 130 valence electrons. The summed E-state index contributed by atoms with van der Waals surface area (Å²) in [5, 5.41) is 0. The molecule has 0 spiro atoms. The fourth-order valence-corrected chi connectivity index (χ4v) is 4.33. The predicted octanol–water partition coefficient (Wildman–Crippen LogP) is 3.09. The van der Waals surface area contributed by atoms with Crippen LogP contribution in [0, 0.1) is 0 Å². The summed E-state index contributed by atoms with van der Waals surface area (Å²) >= 11 is 0. The van der Waals surface area contributed by atoms with Crippen molar-refractivity contribution in [1.29, 1.82) is 0 Å². The third-order valence-electron chi connectivity index (χ3n) is 4.12. The average molecular weight is 370 g/mol. The minimum atomic E-state index is -4.40. The van der Waals surface area contributed by atoms with Gasteiger partial charge >= 0.3 is 0 Å². The first-order valence-electron chi connectivity index (χ1n) is 7.16. The van der Waals surface area contributed by atoms with Crippen molar-refractivity contribution in [3.05, 3.63) is 59.7 Å². The van der Waals surface area contributed by atoms with Gasteiger partial charge in [-0.1, -0.05) is 50.2 Å². The summed E-state index contributed by atoms with van der Waals surface area (Å²) in [6.45, 7) is 3.46. The molecule has 0 fully saturated rings. The molecule has 2 rings (SSSR count). The monoisotopic (exact) mass is 370 g/mol. The van der Waals surface area contributed by atoms with Crippen LogP contribution in [0.1, 0.15) is 36.8 Å². The van der Waals surface area contributed by atoms with Crippen LogP contribution in [-0.4, -0.2) is 25.9 Å². The molecule has 6 nitrogen and oxygen atoms in total. The molecule has 0 saturated carbocycles. The van der Waals surface area contributed by atoms with Crippen molar-refractivity contribution < 1.29 is 25.9 Å². The van der Waals surface area contributed by atoms with E-state index >= 15 is 0 Å². The first kappa shape index (κ1) is 18.6. The maximum Gasteiger partial charge on any atom is 0.294 e. The summed E-state index contributed by atoms with van der Waals surface area (Å²) < 4.78 is 65.0. The largest absolute Gasteiger partial charge is 0.294 e. The predicted molar refractivity (Wildman–Crippen MR) is 89.3 cm³/mol. The topological polar surface area (TPSA) is 109 Å². The van der Waals surface area contributed by atoms with Crippen molar-refractivity contribution >= 4 is 20.2 Å². The second-order valence-corrected chi connectivity index (χ2v) is 8.38. The molecule has 24 heavy (non-hydrogen) atoms. The van der Waals surface area contributed by atoms with Crippen LogP contribution in [0.15, 0.2) is 58.3 Å². The van der Waals surface area contributed by atoms with Gasteiger partial charge in [0, 0.05) is 0 Å². The highest BCUT2D eigenvalue weighted by atomic mass is 32.2. The maximum absolute atomic E-state index is 11.6. The van der Waals surface area contributed by atoms with Crippen LogP contribution in [0.4, 0.5) is 0 Å². The molecule has 0 amide bonds. The van der Waals surface area contributed by atoms with E-state index < -0.39 is 32.1 Å². The van der Waals surface area contributed by atoms with Gasteiger partial charge in [-0.25, -0.2) is 0 Å². The Kier molecular flexibility index (Phi) is 5.14. The molecule has 0 heterocycles. The van der Waals surface area contributed by atoms with E-state index in [0.29, 0.717) is 11.1 Å². The second kappa shape index (κ2) is 6.64. The smallest absolute Gasteiger partial charge is 0.282 e. The van der Waals surface area contributed by atoms with Gasteiger partial charge in [0.2, 0.25) is 0 Å². The highest BCUT2D eigenvalue weighted by Gasteiger charge is 2.27. The fraction of sp³-hybridized carbons (Fsp3) is 0.250. The van der Waals surface area contributed by atoms with Crippen LogP contribution in [0.3, 0.4) is 0 Å². The Hall–Kier alpha value is -1.74. The van der Waals surface area contributed by atoms with Gasteiger partial charge in [-0.3, -0.25) is 9.11 Å². The first-order valence-corrected chi connectivity index (χ1v) is 10.0. The lowest BCUT2D eigenvalue weighted by molar-refractivity contribution is 0.474. The van der Waals surface area contributed by atoms with Gasteiger partial charge in [0.15, 0.2) is 0 Å². The number of hydrogen-bond acceptors (Lipinski definition) is 4. The second-order valence-electron chi connectivity index (χ2n) is 5.60. The zero-order valence-corrected chi connectivity index (χ0v) is 14.8. The van der Waals surface area contributed by atoms with Crippen LogP contribution >= 0.6 is 0 Å². The highest BCUT2D eigenvalue weighted by molar-refractivity contribution is 7.86. The van der Waals surface area contributed by atoms with Gasteiger partial charge in [-0.2, -0.15) is 16.8 Å². The van der Waals surface area contributed by atoms with E-state index in [1.807, 2.05) is 0 Å². The van der Waals surface area contributed by atoms with Crippen molar-refractivity contribution in [2.75, 3.05) is 0 Å². The van der Waals surface area contributed by atoms with E-state index in [1.165, 1.54) is 24.3 Å². The lowest BCUT2D eigenvalue weighted by Gasteiger charge is -2.24. The maximum atomic E-state index is 11.6. The van der Waals surface area contributed by atoms with Gasteiger partial charge in [0.05, 0.1) is 9.79 Å². The molecular formula is C16H18O6S2. The molecule has 2 unspecified atom stereocenters. The normalized spacial score (nSPS) is 15.0. The Morgan fingerprint density at radius 2 is 0.958 bits per heavy atom. The zero-order chi connectivity index (χ0) is 18.1. The Morgan fingerprint density at radius 3 is 1.25 bits per heavy atom. The molecule has 2 N–H and O–H groups in total. The number of hydrogen-bond donors (Lipinski definition) is 2. The molecule has 2 aromatic rings. The molecule has 0 bridgehead atoms. The standard InChI is InChI=1S/C16H18O6S2/c1-11(13-7-3-5-9-15(13)23(17,18)19)12(2)14-8-4-6-10-16(14)24(20,21)22/h3-12H,1-2H3,(H,17,18,19)(H,20,21,22). The van der Waals surface area contributed by atoms with Gasteiger partial charge in [0.25, 0.3) is 20.2 Å². The van der Waals surface area contributed by atoms with Gasteiger partial charge in [-0.05, 0) is 35.1 Å². The summed E-state index contributed by atoms with van der Waals surface area (Å²) in [5.41, 5.74) is 0.746. The van der Waals surface area contributed by atoms with E-state index in [-0.39, 0.29) is 9.79 Å². The molecular weight excluding hydrogens is 352 g/mol. The SMILES string of the molecule is CC(c1ccccc1S(=O)(=O)O)C(C)c1ccccc1S(=O)(=O)O. The number of rotatable bonds is 5. The summed E-state index contributed by atoms with van der Waals surface area (Å²) in [7, 11) is -8.80. The zero-order valence-electron chi connectivity index (χ0n) is 13.1.